The summed E-state index contributed by atoms with van der Waals surface area (Å²) >= 11 is 0. The average Bonchev–Trinajstić information content (AvgIpc) is 2.72. The van der Waals surface area contributed by atoms with Gasteiger partial charge in [-0.05, 0) is 80.0 Å². The number of amides is 1. The Balaban J connectivity index is 1.14. The molecule has 0 aromatic carbocycles. The number of likely N-dealkylation sites (tertiary alicyclic amines) is 1. The molecule has 0 unspecified atom stereocenters. The molecule has 1 saturated carbocycles. The summed E-state index contributed by atoms with van der Waals surface area (Å²) in [5.74, 6) is 2.62. The summed E-state index contributed by atoms with van der Waals surface area (Å²) in [5.41, 5.74) is 3.30. The first kappa shape index (κ1) is 19.6. The highest BCUT2D eigenvalue weighted by molar-refractivity contribution is 5.75. The third kappa shape index (κ3) is 4.32. The van der Waals surface area contributed by atoms with Crippen LogP contribution in [0.4, 0.5) is 0 Å². The third-order valence-electron chi connectivity index (χ3n) is 7.69. The zero-order valence-corrected chi connectivity index (χ0v) is 17.5. The molecule has 5 rings (SSSR count). The summed E-state index contributed by atoms with van der Waals surface area (Å²) in [6.45, 7) is 9.07. The van der Waals surface area contributed by atoms with Crippen molar-refractivity contribution >= 4 is 5.91 Å². The zero-order valence-electron chi connectivity index (χ0n) is 17.5. The molecule has 2 bridgehead atoms. The van der Waals surface area contributed by atoms with Gasteiger partial charge in [-0.15, -0.1) is 0 Å². The van der Waals surface area contributed by atoms with Crippen LogP contribution in [-0.2, 0) is 11.3 Å². The number of rotatable bonds is 7. The molecule has 2 fully saturated rings. The Morgan fingerprint density at radius 1 is 1.32 bits per heavy atom. The predicted octanol–water partition coefficient (Wildman–Crippen LogP) is 4.18. The molecule has 1 aliphatic heterocycles. The van der Waals surface area contributed by atoms with Gasteiger partial charge in [-0.3, -0.25) is 14.7 Å². The number of allylic oxidation sites excluding steroid dienone is 1. The molecule has 1 aromatic rings. The smallest absolute Gasteiger partial charge is 0.220 e. The number of hydrogen-bond donors (Lipinski definition) is 1. The number of aromatic nitrogens is 1. The molecule has 4 nitrogen and oxygen atoms in total. The van der Waals surface area contributed by atoms with Gasteiger partial charge in [0, 0.05) is 31.9 Å². The molecule has 2 heterocycles. The van der Waals surface area contributed by atoms with E-state index in [2.05, 4.69) is 35.1 Å². The van der Waals surface area contributed by atoms with Gasteiger partial charge in [0.25, 0.3) is 0 Å². The molecular formula is C24H35N3O. The van der Waals surface area contributed by atoms with Crippen LogP contribution in [0.25, 0.3) is 0 Å². The molecule has 1 aromatic heterocycles. The lowest BCUT2D eigenvalue weighted by atomic mass is 9.49. The number of nitrogens with one attached hydrogen (secondary N) is 1. The van der Waals surface area contributed by atoms with E-state index >= 15 is 0 Å². The van der Waals surface area contributed by atoms with Crippen LogP contribution < -0.4 is 5.32 Å². The number of carbonyl (C=O) groups is 1. The lowest BCUT2D eigenvalue weighted by Crippen LogP contribution is -2.50. The van der Waals surface area contributed by atoms with Crippen LogP contribution in [0.15, 0.2) is 36.2 Å². The lowest BCUT2D eigenvalue weighted by Gasteiger charge is -2.57. The summed E-state index contributed by atoms with van der Waals surface area (Å²) in [6, 6.07) is 3.90. The Morgan fingerprint density at radius 2 is 2.14 bits per heavy atom. The van der Waals surface area contributed by atoms with Crippen molar-refractivity contribution in [1.29, 1.82) is 0 Å². The number of fused-ring (bicyclic) bond motifs is 1. The van der Waals surface area contributed by atoms with Gasteiger partial charge in [0.2, 0.25) is 5.91 Å². The number of piperidine rings is 1. The van der Waals surface area contributed by atoms with E-state index in [-0.39, 0.29) is 5.91 Å². The quantitative estimate of drug-likeness (QED) is 0.721. The second-order valence-corrected chi connectivity index (χ2v) is 9.72. The van der Waals surface area contributed by atoms with Crippen LogP contribution in [-0.4, -0.2) is 35.4 Å². The highest BCUT2D eigenvalue weighted by atomic mass is 16.1. The van der Waals surface area contributed by atoms with E-state index in [9.17, 15) is 4.79 Å². The van der Waals surface area contributed by atoms with Gasteiger partial charge in [-0.25, -0.2) is 0 Å². The predicted molar refractivity (Wildman–Crippen MR) is 113 cm³/mol. The molecule has 152 valence electrons. The Morgan fingerprint density at radius 3 is 2.82 bits per heavy atom. The van der Waals surface area contributed by atoms with E-state index in [1.807, 2.05) is 18.3 Å². The fourth-order valence-corrected chi connectivity index (χ4v) is 5.47. The molecule has 2 atom stereocenters. The normalized spacial score (nSPS) is 27.0. The molecule has 3 aliphatic carbocycles. The Kier molecular flexibility index (Phi) is 5.86. The van der Waals surface area contributed by atoms with E-state index in [1.165, 1.54) is 45.3 Å². The number of hydrogen-bond acceptors (Lipinski definition) is 3. The van der Waals surface area contributed by atoms with E-state index < -0.39 is 0 Å². The molecule has 1 saturated heterocycles. The standard InChI is InChI=1S/C24H35N3O/c1-24(2)21-7-6-20(22(24)14-21)17-27-12-9-18(10-13-27)5-8-23(28)26-16-19-4-3-11-25-15-19/h3-4,6,11,15,18,21-22H,5,7-10,12-14,16-17H2,1-2H3,(H,26,28)/t21-,22-/m0/s1. The Labute approximate surface area is 169 Å². The highest BCUT2D eigenvalue weighted by Gasteiger charge is 2.51. The van der Waals surface area contributed by atoms with Crippen molar-refractivity contribution in [2.24, 2.45) is 23.2 Å². The van der Waals surface area contributed by atoms with Crippen molar-refractivity contribution in [3.05, 3.63) is 41.7 Å². The summed E-state index contributed by atoms with van der Waals surface area (Å²) in [6.07, 6.45) is 13.0. The topological polar surface area (TPSA) is 45.2 Å². The number of nitrogens with zero attached hydrogens (tertiary/aromatic N) is 2. The first-order valence-electron chi connectivity index (χ1n) is 11.1. The zero-order chi connectivity index (χ0) is 19.6. The Hall–Kier alpha value is -1.68. The van der Waals surface area contributed by atoms with Gasteiger partial charge in [0.1, 0.15) is 0 Å². The first-order chi connectivity index (χ1) is 13.5. The van der Waals surface area contributed by atoms with Crippen molar-refractivity contribution in [1.82, 2.24) is 15.2 Å². The van der Waals surface area contributed by atoms with E-state index in [0.29, 0.717) is 24.3 Å². The van der Waals surface area contributed by atoms with Gasteiger partial charge < -0.3 is 5.32 Å². The lowest BCUT2D eigenvalue weighted by molar-refractivity contribution is -0.121. The number of carbonyl (C=O) groups excluding carboxylic acids is 1. The summed E-state index contributed by atoms with van der Waals surface area (Å²) in [7, 11) is 0. The maximum absolute atomic E-state index is 12.1. The van der Waals surface area contributed by atoms with Crippen molar-refractivity contribution in [3.8, 4) is 0 Å². The first-order valence-corrected chi connectivity index (χ1v) is 11.1. The molecule has 1 N–H and O–H groups in total. The van der Waals surface area contributed by atoms with Gasteiger partial charge in [0.15, 0.2) is 0 Å². The molecule has 28 heavy (non-hydrogen) atoms. The number of pyridine rings is 1. The maximum atomic E-state index is 12.1. The van der Waals surface area contributed by atoms with Gasteiger partial charge >= 0.3 is 0 Å². The Bertz CT molecular complexity index is 704. The van der Waals surface area contributed by atoms with Crippen molar-refractivity contribution in [2.75, 3.05) is 19.6 Å². The maximum Gasteiger partial charge on any atom is 0.220 e. The van der Waals surface area contributed by atoms with E-state index in [1.54, 1.807) is 11.8 Å². The van der Waals surface area contributed by atoms with Crippen LogP contribution >= 0.6 is 0 Å². The van der Waals surface area contributed by atoms with Gasteiger partial charge in [0.05, 0.1) is 0 Å². The molecular weight excluding hydrogens is 346 g/mol. The van der Waals surface area contributed by atoms with Gasteiger partial charge in [-0.1, -0.05) is 31.6 Å². The van der Waals surface area contributed by atoms with Crippen molar-refractivity contribution in [3.63, 3.8) is 0 Å². The highest BCUT2D eigenvalue weighted by Crippen LogP contribution is 2.59. The fraction of sp³-hybridized carbons (Fsp3) is 0.667. The summed E-state index contributed by atoms with van der Waals surface area (Å²) < 4.78 is 0. The van der Waals surface area contributed by atoms with Crippen LogP contribution in [0.5, 0.6) is 0 Å². The SMILES string of the molecule is CC1(C)[C@H]2CC=C(CN3CCC(CCC(=O)NCc4cccnc4)CC3)[C@@H]1C2. The van der Waals surface area contributed by atoms with Crippen molar-refractivity contribution < 1.29 is 4.79 Å². The minimum Gasteiger partial charge on any atom is -0.352 e. The van der Waals surface area contributed by atoms with E-state index in [0.717, 1.165) is 23.8 Å². The molecule has 0 radical (unpaired) electrons. The molecule has 4 heteroatoms. The minimum atomic E-state index is 0.167. The van der Waals surface area contributed by atoms with Crippen molar-refractivity contribution in [2.45, 2.75) is 58.9 Å². The second kappa shape index (κ2) is 8.36. The van der Waals surface area contributed by atoms with Gasteiger partial charge in [-0.2, -0.15) is 0 Å². The van der Waals surface area contributed by atoms with Crippen LogP contribution in [0.1, 0.15) is 57.9 Å². The molecule has 4 aliphatic rings. The largest absolute Gasteiger partial charge is 0.352 e. The van der Waals surface area contributed by atoms with Crippen LogP contribution in [0, 0.1) is 23.2 Å². The molecule has 1 amide bonds. The van der Waals surface area contributed by atoms with Crippen LogP contribution in [0.3, 0.4) is 0 Å². The van der Waals surface area contributed by atoms with Crippen LogP contribution in [0.2, 0.25) is 0 Å². The van der Waals surface area contributed by atoms with E-state index in [4.69, 9.17) is 0 Å². The minimum absolute atomic E-state index is 0.167. The third-order valence-corrected chi connectivity index (χ3v) is 7.69. The monoisotopic (exact) mass is 381 g/mol. The summed E-state index contributed by atoms with van der Waals surface area (Å²) in [5, 5.41) is 3.02. The average molecular weight is 382 g/mol. The fourth-order valence-electron chi connectivity index (χ4n) is 5.47. The summed E-state index contributed by atoms with van der Waals surface area (Å²) in [4.78, 5) is 18.9. The molecule has 0 spiro atoms. The second-order valence-electron chi connectivity index (χ2n) is 9.72.